The fourth-order valence-corrected chi connectivity index (χ4v) is 5.07. The maximum absolute atomic E-state index is 14.8. The third-order valence-corrected chi connectivity index (χ3v) is 7.33. The van der Waals surface area contributed by atoms with E-state index in [4.69, 9.17) is 9.26 Å². The van der Waals surface area contributed by atoms with Crippen LogP contribution >= 0.6 is 11.3 Å². The molecule has 3 heterocycles. The molecule has 1 fully saturated rings. The molecular weight excluding hydrogens is 533 g/mol. The molecule has 0 saturated carbocycles. The lowest BCUT2D eigenvalue weighted by atomic mass is 10.2. The van der Waals surface area contributed by atoms with E-state index >= 15 is 0 Å². The number of carbonyl (C=O) groups is 2. The Morgan fingerprint density at radius 2 is 1.90 bits per heavy atom. The smallest absolute Gasteiger partial charge is 0.258 e. The summed E-state index contributed by atoms with van der Waals surface area (Å²) < 4.78 is 25.8. The first-order valence-corrected chi connectivity index (χ1v) is 14.1. The van der Waals surface area contributed by atoms with Crippen LogP contribution in [0.4, 0.5) is 4.39 Å². The highest BCUT2D eigenvalue weighted by Gasteiger charge is 2.21. The van der Waals surface area contributed by atoms with Crippen LogP contribution in [0.2, 0.25) is 0 Å². The van der Waals surface area contributed by atoms with Crippen LogP contribution in [0.3, 0.4) is 0 Å². The molecular formula is C29H30FN5O4S. The molecule has 2 aromatic heterocycles. The number of amides is 2. The van der Waals surface area contributed by atoms with Crippen molar-refractivity contribution in [3.8, 4) is 28.6 Å². The molecule has 9 nitrogen and oxygen atoms in total. The fraction of sp³-hybridized carbons (Fsp3) is 0.310. The van der Waals surface area contributed by atoms with Gasteiger partial charge in [-0.3, -0.25) is 14.5 Å². The zero-order chi connectivity index (χ0) is 27.7. The van der Waals surface area contributed by atoms with Gasteiger partial charge in [-0.2, -0.15) is 16.3 Å². The van der Waals surface area contributed by atoms with Gasteiger partial charge < -0.3 is 19.5 Å². The Kier molecular flexibility index (Phi) is 9.15. The largest absolute Gasteiger partial charge is 0.493 e. The second-order valence-electron chi connectivity index (χ2n) is 9.37. The molecule has 1 aliphatic rings. The Bertz CT molecular complexity index is 1410. The van der Waals surface area contributed by atoms with Crippen LogP contribution in [0.1, 0.15) is 23.2 Å². The summed E-state index contributed by atoms with van der Waals surface area (Å²) in [6.45, 7) is 4.49. The predicted molar refractivity (Wildman–Crippen MR) is 150 cm³/mol. The molecule has 0 spiro atoms. The standard InChI is InChI=1S/C29H30FN5O4S/c30-25-19-23(7-8-24(25)27-32-29(39-33-27)21-5-2-1-3-6-21)38-17-4-12-34-13-15-35(16-14-34)26(36)9-11-31-28(37)22-10-18-40-20-22/h1-3,5-8,10,18-20H,4,9,11-17H2,(H,31,37). The van der Waals surface area contributed by atoms with E-state index in [1.165, 1.54) is 17.4 Å². The first kappa shape index (κ1) is 27.5. The molecule has 0 unspecified atom stereocenters. The SMILES string of the molecule is O=C(NCCC(=O)N1CCN(CCCOc2ccc(-c3noc(-c4ccccc4)n3)c(F)c2)CC1)c1ccsc1. The second kappa shape index (κ2) is 13.3. The van der Waals surface area contributed by atoms with E-state index in [0.717, 1.165) is 31.6 Å². The molecule has 208 valence electrons. The van der Waals surface area contributed by atoms with Crippen LogP contribution in [0.15, 0.2) is 69.9 Å². The van der Waals surface area contributed by atoms with Crippen LogP contribution in [-0.4, -0.2) is 77.6 Å². The van der Waals surface area contributed by atoms with E-state index in [-0.39, 0.29) is 23.2 Å². The third-order valence-electron chi connectivity index (χ3n) is 6.65. The number of carbonyl (C=O) groups excluding carboxylic acids is 2. The molecule has 4 aromatic rings. The molecule has 2 amide bonds. The quantitative estimate of drug-likeness (QED) is 0.271. The summed E-state index contributed by atoms with van der Waals surface area (Å²) in [5.74, 6) is 0.377. The number of nitrogens with zero attached hydrogens (tertiary/aromatic N) is 4. The first-order chi connectivity index (χ1) is 19.6. The molecule has 1 saturated heterocycles. The van der Waals surface area contributed by atoms with Gasteiger partial charge in [0.05, 0.1) is 12.2 Å². The average Bonchev–Trinajstić information content (AvgIpc) is 3.70. The van der Waals surface area contributed by atoms with E-state index in [2.05, 4.69) is 20.4 Å². The van der Waals surface area contributed by atoms with Gasteiger partial charge in [0.25, 0.3) is 11.8 Å². The van der Waals surface area contributed by atoms with Gasteiger partial charge in [0, 0.05) is 68.3 Å². The monoisotopic (exact) mass is 563 g/mol. The van der Waals surface area contributed by atoms with Gasteiger partial charge >= 0.3 is 0 Å². The molecule has 40 heavy (non-hydrogen) atoms. The van der Waals surface area contributed by atoms with Crippen LogP contribution in [0.25, 0.3) is 22.8 Å². The summed E-state index contributed by atoms with van der Waals surface area (Å²) >= 11 is 1.47. The van der Waals surface area contributed by atoms with Crippen molar-refractivity contribution in [2.24, 2.45) is 0 Å². The number of aromatic nitrogens is 2. The highest BCUT2D eigenvalue weighted by Crippen LogP contribution is 2.26. The Morgan fingerprint density at radius 1 is 1.07 bits per heavy atom. The van der Waals surface area contributed by atoms with Gasteiger partial charge in [-0.1, -0.05) is 23.4 Å². The maximum atomic E-state index is 14.8. The van der Waals surface area contributed by atoms with Crippen molar-refractivity contribution >= 4 is 23.2 Å². The van der Waals surface area contributed by atoms with Crippen molar-refractivity contribution in [3.05, 3.63) is 76.7 Å². The lowest BCUT2D eigenvalue weighted by molar-refractivity contribution is -0.132. The molecule has 11 heteroatoms. The summed E-state index contributed by atoms with van der Waals surface area (Å²) in [7, 11) is 0. The van der Waals surface area contributed by atoms with E-state index in [9.17, 15) is 14.0 Å². The Balaban J connectivity index is 0.993. The normalized spacial score (nSPS) is 13.8. The van der Waals surface area contributed by atoms with Crippen LogP contribution < -0.4 is 10.1 Å². The number of rotatable bonds is 11. The van der Waals surface area contributed by atoms with Crippen molar-refractivity contribution in [2.75, 3.05) is 45.9 Å². The number of hydrogen-bond acceptors (Lipinski definition) is 8. The van der Waals surface area contributed by atoms with E-state index in [1.54, 1.807) is 23.6 Å². The molecule has 0 radical (unpaired) electrons. The van der Waals surface area contributed by atoms with Crippen molar-refractivity contribution in [1.82, 2.24) is 25.3 Å². The van der Waals surface area contributed by atoms with Gasteiger partial charge in [-0.25, -0.2) is 4.39 Å². The zero-order valence-electron chi connectivity index (χ0n) is 21.9. The Hall–Kier alpha value is -4.09. The first-order valence-electron chi connectivity index (χ1n) is 13.2. The second-order valence-corrected chi connectivity index (χ2v) is 10.2. The third kappa shape index (κ3) is 7.10. The molecule has 0 atom stereocenters. The minimum atomic E-state index is -0.482. The summed E-state index contributed by atoms with van der Waals surface area (Å²) in [6, 6.07) is 15.7. The highest BCUT2D eigenvalue weighted by molar-refractivity contribution is 7.08. The molecule has 1 aliphatic heterocycles. The number of nitrogens with one attached hydrogen (secondary N) is 1. The number of hydrogen-bond donors (Lipinski definition) is 1. The number of piperazine rings is 1. The highest BCUT2D eigenvalue weighted by atomic mass is 32.1. The molecule has 0 aliphatic carbocycles. The van der Waals surface area contributed by atoms with Crippen LogP contribution in [0, 0.1) is 5.82 Å². The number of benzene rings is 2. The molecule has 2 aromatic carbocycles. The molecule has 0 bridgehead atoms. The van der Waals surface area contributed by atoms with Crippen molar-refractivity contribution in [3.63, 3.8) is 0 Å². The van der Waals surface area contributed by atoms with E-state index in [0.29, 0.717) is 49.9 Å². The summed E-state index contributed by atoms with van der Waals surface area (Å²) in [4.78, 5) is 32.9. The van der Waals surface area contributed by atoms with E-state index in [1.807, 2.05) is 40.6 Å². The van der Waals surface area contributed by atoms with Gasteiger partial charge in [0.1, 0.15) is 11.6 Å². The van der Waals surface area contributed by atoms with Crippen LogP contribution in [0.5, 0.6) is 5.75 Å². The van der Waals surface area contributed by atoms with Gasteiger partial charge in [0.2, 0.25) is 11.7 Å². The number of halogens is 1. The molecule has 1 N–H and O–H groups in total. The van der Waals surface area contributed by atoms with Crippen molar-refractivity contribution in [2.45, 2.75) is 12.8 Å². The number of ether oxygens (including phenoxy) is 1. The summed E-state index contributed by atoms with van der Waals surface area (Å²) in [5.41, 5.74) is 1.64. The van der Waals surface area contributed by atoms with Crippen molar-refractivity contribution in [1.29, 1.82) is 0 Å². The van der Waals surface area contributed by atoms with Gasteiger partial charge in [0.15, 0.2) is 0 Å². The van der Waals surface area contributed by atoms with Crippen LogP contribution in [-0.2, 0) is 4.79 Å². The van der Waals surface area contributed by atoms with E-state index < -0.39 is 5.82 Å². The van der Waals surface area contributed by atoms with Gasteiger partial charge in [-0.15, -0.1) is 0 Å². The van der Waals surface area contributed by atoms with Gasteiger partial charge in [-0.05, 0) is 42.1 Å². The Labute approximate surface area is 235 Å². The van der Waals surface area contributed by atoms with Crippen molar-refractivity contribution < 1.29 is 23.2 Å². The number of thiophene rings is 1. The summed E-state index contributed by atoms with van der Waals surface area (Å²) in [5, 5.41) is 10.3. The zero-order valence-corrected chi connectivity index (χ0v) is 22.7. The topological polar surface area (TPSA) is 101 Å². The average molecular weight is 564 g/mol. The molecule has 5 rings (SSSR count). The maximum Gasteiger partial charge on any atom is 0.258 e. The fourth-order valence-electron chi connectivity index (χ4n) is 4.43. The Morgan fingerprint density at radius 3 is 2.65 bits per heavy atom. The minimum absolute atomic E-state index is 0.0520. The summed E-state index contributed by atoms with van der Waals surface area (Å²) in [6.07, 6.45) is 1.07. The predicted octanol–water partition coefficient (Wildman–Crippen LogP) is 4.34. The lowest BCUT2D eigenvalue weighted by Gasteiger charge is -2.34. The minimum Gasteiger partial charge on any atom is -0.493 e. The lowest BCUT2D eigenvalue weighted by Crippen LogP contribution is -2.49.